The van der Waals surface area contributed by atoms with Crippen LogP contribution in [0.5, 0.6) is 0 Å². The van der Waals surface area contributed by atoms with Gasteiger partial charge in [-0.15, -0.1) is 0 Å². The van der Waals surface area contributed by atoms with E-state index in [4.69, 9.17) is 10.5 Å². The summed E-state index contributed by atoms with van der Waals surface area (Å²) in [6.07, 6.45) is 1.18. The van der Waals surface area contributed by atoms with Gasteiger partial charge in [-0.1, -0.05) is 6.92 Å². The van der Waals surface area contributed by atoms with E-state index in [2.05, 4.69) is 18.9 Å². The zero-order chi connectivity index (χ0) is 9.40. The average Bonchev–Trinajstić information content (AvgIpc) is 2.02. The highest BCUT2D eigenvalue weighted by Crippen LogP contribution is 2.02. The first-order valence-electron chi connectivity index (χ1n) is 4.58. The van der Waals surface area contributed by atoms with Crippen LogP contribution in [0.15, 0.2) is 0 Å². The van der Waals surface area contributed by atoms with Gasteiger partial charge in [-0.2, -0.15) is 0 Å². The lowest BCUT2D eigenvalue weighted by Crippen LogP contribution is -2.27. The van der Waals surface area contributed by atoms with Crippen LogP contribution < -0.4 is 5.73 Å². The Morgan fingerprint density at radius 2 is 2.08 bits per heavy atom. The Labute approximate surface area is 75.9 Å². The molecule has 0 saturated carbocycles. The van der Waals surface area contributed by atoms with E-state index in [1.54, 1.807) is 7.11 Å². The molecule has 0 amide bonds. The van der Waals surface area contributed by atoms with Gasteiger partial charge in [0.2, 0.25) is 0 Å². The lowest BCUT2D eigenvalue weighted by Gasteiger charge is -2.17. The number of ether oxygens (including phenoxy) is 1. The van der Waals surface area contributed by atoms with Crippen molar-refractivity contribution in [2.75, 3.05) is 40.4 Å². The van der Waals surface area contributed by atoms with Crippen molar-refractivity contribution < 1.29 is 4.74 Å². The van der Waals surface area contributed by atoms with Gasteiger partial charge in [0, 0.05) is 26.8 Å². The summed E-state index contributed by atoms with van der Waals surface area (Å²) in [7, 11) is 3.85. The fourth-order valence-corrected chi connectivity index (χ4v) is 1.14. The van der Waals surface area contributed by atoms with Gasteiger partial charge in [-0.25, -0.2) is 0 Å². The molecule has 3 nitrogen and oxygen atoms in total. The summed E-state index contributed by atoms with van der Waals surface area (Å²) in [6.45, 7) is 5.91. The number of hydrogen-bond acceptors (Lipinski definition) is 3. The van der Waals surface area contributed by atoms with E-state index in [-0.39, 0.29) is 0 Å². The summed E-state index contributed by atoms with van der Waals surface area (Å²) in [6, 6.07) is 0. The van der Waals surface area contributed by atoms with E-state index in [1.807, 2.05) is 0 Å². The highest BCUT2D eigenvalue weighted by molar-refractivity contribution is 4.56. The van der Waals surface area contributed by atoms with Crippen LogP contribution in [-0.2, 0) is 4.74 Å². The summed E-state index contributed by atoms with van der Waals surface area (Å²) in [5, 5.41) is 0. The molecule has 0 radical (unpaired) electrons. The van der Waals surface area contributed by atoms with E-state index < -0.39 is 0 Å². The van der Waals surface area contributed by atoms with Crippen molar-refractivity contribution in [1.82, 2.24) is 4.90 Å². The molecule has 0 rings (SSSR count). The van der Waals surface area contributed by atoms with Gasteiger partial charge >= 0.3 is 0 Å². The molecule has 0 bridgehead atoms. The molecule has 0 aliphatic rings. The van der Waals surface area contributed by atoms with Crippen LogP contribution in [0.1, 0.15) is 13.3 Å². The molecular formula is C9H22N2O. The van der Waals surface area contributed by atoms with E-state index in [0.29, 0.717) is 5.92 Å². The van der Waals surface area contributed by atoms with E-state index in [0.717, 1.165) is 26.2 Å². The van der Waals surface area contributed by atoms with Crippen molar-refractivity contribution in [3.05, 3.63) is 0 Å². The van der Waals surface area contributed by atoms with E-state index in [9.17, 15) is 0 Å². The second-order valence-corrected chi connectivity index (χ2v) is 3.44. The molecule has 0 heterocycles. The normalized spacial score (nSPS) is 13.8. The van der Waals surface area contributed by atoms with Gasteiger partial charge in [0.25, 0.3) is 0 Å². The van der Waals surface area contributed by atoms with Crippen molar-refractivity contribution in [3.8, 4) is 0 Å². The number of nitrogens with two attached hydrogens (primary N) is 1. The molecule has 1 atom stereocenters. The summed E-state index contributed by atoms with van der Waals surface area (Å²) in [4.78, 5) is 2.26. The topological polar surface area (TPSA) is 38.5 Å². The van der Waals surface area contributed by atoms with Crippen LogP contribution in [0.3, 0.4) is 0 Å². The SMILES string of the molecule is COCC(C)CCN(C)CCN. The maximum absolute atomic E-state index is 5.43. The van der Waals surface area contributed by atoms with E-state index in [1.165, 1.54) is 6.42 Å². The first kappa shape index (κ1) is 11.9. The van der Waals surface area contributed by atoms with Crippen LogP contribution in [0, 0.1) is 5.92 Å². The Kier molecular flexibility index (Phi) is 7.45. The van der Waals surface area contributed by atoms with Crippen molar-refractivity contribution in [3.63, 3.8) is 0 Å². The van der Waals surface area contributed by atoms with Gasteiger partial charge in [0.05, 0.1) is 0 Å². The summed E-state index contributed by atoms with van der Waals surface area (Å²) < 4.78 is 5.05. The van der Waals surface area contributed by atoms with Crippen LogP contribution in [0.25, 0.3) is 0 Å². The van der Waals surface area contributed by atoms with Gasteiger partial charge in [0.15, 0.2) is 0 Å². The van der Waals surface area contributed by atoms with Gasteiger partial charge in [0.1, 0.15) is 0 Å². The highest BCUT2D eigenvalue weighted by Gasteiger charge is 2.02. The average molecular weight is 174 g/mol. The molecular weight excluding hydrogens is 152 g/mol. The molecule has 12 heavy (non-hydrogen) atoms. The molecule has 0 spiro atoms. The number of nitrogens with zero attached hydrogens (tertiary/aromatic N) is 1. The van der Waals surface area contributed by atoms with Crippen molar-refractivity contribution in [1.29, 1.82) is 0 Å². The Bertz CT molecular complexity index is 86.5. The Morgan fingerprint density at radius 3 is 2.58 bits per heavy atom. The third-order valence-electron chi connectivity index (χ3n) is 1.97. The van der Waals surface area contributed by atoms with Crippen molar-refractivity contribution in [2.45, 2.75) is 13.3 Å². The monoisotopic (exact) mass is 174 g/mol. The first-order chi connectivity index (χ1) is 5.70. The number of hydrogen-bond donors (Lipinski definition) is 1. The first-order valence-corrected chi connectivity index (χ1v) is 4.58. The largest absolute Gasteiger partial charge is 0.384 e. The Hall–Kier alpha value is -0.120. The molecule has 0 aliphatic carbocycles. The lowest BCUT2D eigenvalue weighted by atomic mass is 10.1. The fraction of sp³-hybridized carbons (Fsp3) is 1.00. The van der Waals surface area contributed by atoms with Gasteiger partial charge in [-0.3, -0.25) is 0 Å². The van der Waals surface area contributed by atoms with Crippen LogP contribution in [-0.4, -0.2) is 45.3 Å². The smallest absolute Gasteiger partial charge is 0.0488 e. The molecule has 1 unspecified atom stereocenters. The minimum atomic E-state index is 0.648. The second-order valence-electron chi connectivity index (χ2n) is 3.44. The second kappa shape index (κ2) is 7.53. The van der Waals surface area contributed by atoms with E-state index >= 15 is 0 Å². The molecule has 3 heteroatoms. The zero-order valence-electron chi connectivity index (χ0n) is 8.55. The molecule has 74 valence electrons. The predicted octanol–water partition coefficient (Wildman–Crippen LogP) is 0.550. The zero-order valence-corrected chi connectivity index (χ0v) is 8.55. The fourth-order valence-electron chi connectivity index (χ4n) is 1.14. The maximum Gasteiger partial charge on any atom is 0.0488 e. The Balaban J connectivity index is 3.27. The summed E-state index contributed by atoms with van der Waals surface area (Å²) >= 11 is 0. The van der Waals surface area contributed by atoms with Gasteiger partial charge < -0.3 is 15.4 Å². The predicted molar refractivity (Wildman–Crippen MR) is 52.2 cm³/mol. The minimum absolute atomic E-state index is 0.648. The Morgan fingerprint density at radius 1 is 1.42 bits per heavy atom. The van der Waals surface area contributed by atoms with Crippen LogP contribution >= 0.6 is 0 Å². The molecule has 0 fully saturated rings. The molecule has 0 aromatic heterocycles. The third-order valence-corrected chi connectivity index (χ3v) is 1.97. The summed E-state index contributed by atoms with van der Waals surface area (Å²) in [5.41, 5.74) is 5.43. The third kappa shape index (κ3) is 6.58. The highest BCUT2D eigenvalue weighted by atomic mass is 16.5. The van der Waals surface area contributed by atoms with Crippen LogP contribution in [0.4, 0.5) is 0 Å². The van der Waals surface area contributed by atoms with Crippen molar-refractivity contribution >= 4 is 0 Å². The number of methoxy groups -OCH3 is 1. The lowest BCUT2D eigenvalue weighted by molar-refractivity contribution is 0.149. The molecule has 2 N–H and O–H groups in total. The number of rotatable bonds is 7. The molecule has 0 aliphatic heterocycles. The maximum atomic E-state index is 5.43. The molecule has 0 saturated heterocycles. The standard InChI is InChI=1S/C9H22N2O/c1-9(8-12-3)4-6-11(2)7-5-10/h9H,4-8,10H2,1-3H3. The minimum Gasteiger partial charge on any atom is -0.384 e. The van der Waals surface area contributed by atoms with Gasteiger partial charge in [-0.05, 0) is 25.9 Å². The summed E-state index contributed by atoms with van der Waals surface area (Å²) in [5.74, 6) is 0.648. The number of likely N-dealkylation sites (N-methyl/N-ethyl adjacent to an activating group) is 1. The molecule has 0 aromatic rings. The quantitative estimate of drug-likeness (QED) is 0.612. The molecule has 0 aromatic carbocycles. The van der Waals surface area contributed by atoms with Crippen molar-refractivity contribution in [2.24, 2.45) is 11.7 Å². The van der Waals surface area contributed by atoms with Crippen LogP contribution in [0.2, 0.25) is 0 Å².